The third-order valence-corrected chi connectivity index (χ3v) is 4.56. The van der Waals surface area contributed by atoms with Gasteiger partial charge in [0, 0.05) is 30.3 Å². The summed E-state index contributed by atoms with van der Waals surface area (Å²) in [6, 6.07) is 19.3. The van der Waals surface area contributed by atoms with E-state index >= 15 is 0 Å². The first kappa shape index (κ1) is 19.5. The summed E-state index contributed by atoms with van der Waals surface area (Å²) in [6.45, 7) is 0.475. The van der Waals surface area contributed by atoms with E-state index in [0.29, 0.717) is 6.54 Å². The van der Waals surface area contributed by atoms with Crippen LogP contribution in [0.4, 0.5) is 10.5 Å². The van der Waals surface area contributed by atoms with Gasteiger partial charge in [-0.05, 0) is 62.1 Å². The zero-order valence-electron chi connectivity index (χ0n) is 16.4. The van der Waals surface area contributed by atoms with Gasteiger partial charge in [-0.15, -0.1) is 0 Å². The van der Waals surface area contributed by atoms with E-state index in [1.807, 2.05) is 91.7 Å². The molecule has 0 radical (unpaired) electrons. The highest BCUT2D eigenvalue weighted by Crippen LogP contribution is 2.22. The number of hydrogen-bond donors (Lipinski definition) is 2. The number of methoxy groups -OCH3 is 1. The van der Waals surface area contributed by atoms with Crippen LogP contribution in [-0.4, -0.2) is 43.2 Å². The Balaban J connectivity index is 1.63. The summed E-state index contributed by atoms with van der Waals surface area (Å²) >= 11 is 0. The van der Waals surface area contributed by atoms with E-state index in [0.717, 1.165) is 22.7 Å². The van der Waals surface area contributed by atoms with Crippen molar-refractivity contribution in [3.05, 3.63) is 78.6 Å². The molecule has 1 heterocycles. The first-order valence-corrected chi connectivity index (χ1v) is 9.15. The molecule has 1 aromatic heterocycles. The molecule has 2 amide bonds. The molecule has 0 aliphatic heterocycles. The Bertz CT molecular complexity index is 906. The minimum Gasteiger partial charge on any atom is -0.497 e. The Kier molecular flexibility index (Phi) is 6.34. The first-order chi connectivity index (χ1) is 13.6. The number of nitrogens with zero attached hydrogens (tertiary/aromatic N) is 2. The number of amides is 2. The summed E-state index contributed by atoms with van der Waals surface area (Å²) in [6.07, 6.45) is 3.93. The molecule has 1 atom stereocenters. The van der Waals surface area contributed by atoms with Crippen molar-refractivity contribution in [3.63, 3.8) is 0 Å². The van der Waals surface area contributed by atoms with Crippen molar-refractivity contribution in [2.24, 2.45) is 0 Å². The number of anilines is 1. The summed E-state index contributed by atoms with van der Waals surface area (Å²) in [5.74, 6) is 0.802. The van der Waals surface area contributed by atoms with Gasteiger partial charge in [0.2, 0.25) is 0 Å². The number of aromatic nitrogens is 1. The molecule has 146 valence electrons. The first-order valence-electron chi connectivity index (χ1n) is 9.15. The van der Waals surface area contributed by atoms with Crippen LogP contribution in [0.2, 0.25) is 0 Å². The maximum atomic E-state index is 12.4. The van der Waals surface area contributed by atoms with Crippen molar-refractivity contribution in [3.8, 4) is 11.4 Å². The summed E-state index contributed by atoms with van der Waals surface area (Å²) in [7, 11) is 5.63. The van der Waals surface area contributed by atoms with Gasteiger partial charge in [0.05, 0.1) is 13.2 Å². The van der Waals surface area contributed by atoms with Crippen LogP contribution in [0.1, 0.15) is 11.6 Å². The SMILES string of the molecule is COc1cccc(C(CNC(=O)Nc2cccc(-n3cccc3)c2)N(C)C)c1. The molecular weight excluding hydrogens is 352 g/mol. The van der Waals surface area contributed by atoms with E-state index in [9.17, 15) is 4.79 Å². The average molecular weight is 378 g/mol. The van der Waals surface area contributed by atoms with Gasteiger partial charge in [0.1, 0.15) is 5.75 Å². The van der Waals surface area contributed by atoms with E-state index in [4.69, 9.17) is 4.74 Å². The van der Waals surface area contributed by atoms with Gasteiger partial charge in [0.25, 0.3) is 0 Å². The highest BCUT2D eigenvalue weighted by atomic mass is 16.5. The second-order valence-corrected chi connectivity index (χ2v) is 6.73. The lowest BCUT2D eigenvalue weighted by atomic mass is 10.1. The van der Waals surface area contributed by atoms with Crippen molar-refractivity contribution in [1.82, 2.24) is 14.8 Å². The second-order valence-electron chi connectivity index (χ2n) is 6.73. The van der Waals surface area contributed by atoms with Gasteiger partial charge < -0.3 is 24.8 Å². The maximum absolute atomic E-state index is 12.4. The van der Waals surface area contributed by atoms with Crippen molar-refractivity contribution in [2.75, 3.05) is 33.1 Å². The van der Waals surface area contributed by atoms with Crippen LogP contribution in [-0.2, 0) is 0 Å². The second kappa shape index (κ2) is 9.10. The highest BCUT2D eigenvalue weighted by Gasteiger charge is 2.16. The topological polar surface area (TPSA) is 58.5 Å². The van der Waals surface area contributed by atoms with Crippen LogP contribution in [0.25, 0.3) is 5.69 Å². The minimum atomic E-state index is -0.237. The zero-order chi connectivity index (χ0) is 19.9. The largest absolute Gasteiger partial charge is 0.497 e. The minimum absolute atomic E-state index is 0.0343. The van der Waals surface area contributed by atoms with Crippen molar-refractivity contribution in [1.29, 1.82) is 0 Å². The summed E-state index contributed by atoms with van der Waals surface area (Å²) < 4.78 is 7.30. The fourth-order valence-electron chi connectivity index (χ4n) is 3.06. The van der Waals surface area contributed by atoms with E-state index in [1.54, 1.807) is 7.11 Å². The molecule has 0 aliphatic rings. The number of rotatable bonds is 7. The molecule has 28 heavy (non-hydrogen) atoms. The lowest BCUT2D eigenvalue weighted by Gasteiger charge is -2.25. The summed E-state index contributed by atoms with van der Waals surface area (Å²) in [5.41, 5.74) is 2.82. The highest BCUT2D eigenvalue weighted by molar-refractivity contribution is 5.89. The van der Waals surface area contributed by atoms with Gasteiger partial charge in [0.15, 0.2) is 0 Å². The predicted molar refractivity (Wildman–Crippen MR) is 112 cm³/mol. The molecule has 0 bridgehead atoms. The average Bonchev–Trinajstić information content (AvgIpc) is 3.23. The molecule has 0 saturated carbocycles. The van der Waals surface area contributed by atoms with Crippen molar-refractivity contribution in [2.45, 2.75) is 6.04 Å². The summed E-state index contributed by atoms with van der Waals surface area (Å²) in [4.78, 5) is 14.5. The zero-order valence-corrected chi connectivity index (χ0v) is 16.4. The lowest BCUT2D eigenvalue weighted by molar-refractivity contribution is 0.243. The van der Waals surface area contributed by atoms with Crippen LogP contribution in [0.15, 0.2) is 73.1 Å². The Morgan fingerprint density at radius 2 is 1.82 bits per heavy atom. The van der Waals surface area contributed by atoms with Gasteiger partial charge in [-0.3, -0.25) is 0 Å². The molecule has 3 aromatic rings. The number of benzene rings is 2. The van der Waals surface area contributed by atoms with Gasteiger partial charge in [-0.1, -0.05) is 18.2 Å². The van der Waals surface area contributed by atoms with E-state index < -0.39 is 0 Å². The fourth-order valence-corrected chi connectivity index (χ4v) is 3.06. The molecule has 0 spiro atoms. The van der Waals surface area contributed by atoms with Crippen LogP contribution in [0.3, 0.4) is 0 Å². The molecule has 2 aromatic carbocycles. The standard InChI is InChI=1S/C22H26N4O2/c1-25(2)21(17-8-6-11-20(14-17)28-3)16-23-22(27)24-18-9-7-10-19(15-18)26-12-4-5-13-26/h4-15,21H,16H2,1-3H3,(H2,23,24,27). The number of ether oxygens (including phenoxy) is 1. The van der Waals surface area contributed by atoms with Crippen LogP contribution < -0.4 is 15.4 Å². The number of likely N-dealkylation sites (N-methyl/N-ethyl adjacent to an activating group) is 1. The van der Waals surface area contributed by atoms with E-state index in [-0.39, 0.29) is 12.1 Å². The molecule has 0 aliphatic carbocycles. The third-order valence-electron chi connectivity index (χ3n) is 4.56. The molecule has 1 unspecified atom stereocenters. The number of nitrogens with one attached hydrogen (secondary N) is 2. The summed E-state index contributed by atoms with van der Waals surface area (Å²) in [5, 5.41) is 5.87. The van der Waals surface area contributed by atoms with Crippen molar-refractivity contribution < 1.29 is 9.53 Å². The van der Waals surface area contributed by atoms with Crippen molar-refractivity contribution >= 4 is 11.7 Å². The van der Waals surface area contributed by atoms with E-state index in [1.165, 1.54) is 0 Å². The maximum Gasteiger partial charge on any atom is 0.319 e. The smallest absolute Gasteiger partial charge is 0.319 e. The number of carbonyl (C=O) groups excluding carboxylic acids is 1. The van der Waals surface area contributed by atoms with Crippen LogP contribution in [0, 0.1) is 0 Å². The number of hydrogen-bond acceptors (Lipinski definition) is 3. The molecule has 2 N–H and O–H groups in total. The molecule has 0 saturated heterocycles. The Hall–Kier alpha value is -3.25. The Morgan fingerprint density at radius 3 is 2.54 bits per heavy atom. The van der Waals surface area contributed by atoms with Gasteiger partial charge >= 0.3 is 6.03 Å². The quantitative estimate of drug-likeness (QED) is 0.655. The van der Waals surface area contributed by atoms with E-state index in [2.05, 4.69) is 15.5 Å². The monoisotopic (exact) mass is 378 g/mol. The molecule has 0 fully saturated rings. The lowest BCUT2D eigenvalue weighted by Crippen LogP contribution is -2.36. The normalized spacial score (nSPS) is 11.9. The van der Waals surface area contributed by atoms with Crippen LogP contribution in [0.5, 0.6) is 5.75 Å². The van der Waals surface area contributed by atoms with Crippen LogP contribution >= 0.6 is 0 Å². The number of carbonyl (C=O) groups is 1. The van der Waals surface area contributed by atoms with Gasteiger partial charge in [-0.25, -0.2) is 4.79 Å². The molecular formula is C22H26N4O2. The molecule has 3 rings (SSSR count). The van der Waals surface area contributed by atoms with Gasteiger partial charge in [-0.2, -0.15) is 0 Å². The molecule has 6 nitrogen and oxygen atoms in total. The Labute approximate surface area is 165 Å². The predicted octanol–water partition coefficient (Wildman–Crippen LogP) is 3.91. The molecule has 6 heteroatoms. The third kappa shape index (κ3) is 4.92. The number of urea groups is 1. The fraction of sp³-hybridized carbons (Fsp3) is 0.227. The Morgan fingerprint density at radius 1 is 1.07 bits per heavy atom.